The van der Waals surface area contributed by atoms with Crippen LogP contribution in [0.15, 0.2) is 39.9 Å². The molecule has 1 heterocycles. The van der Waals surface area contributed by atoms with E-state index in [1.165, 1.54) is 7.11 Å². The number of aryl methyl sites for hydroxylation is 1. The zero-order valence-corrected chi connectivity index (χ0v) is 14.2. The van der Waals surface area contributed by atoms with Gasteiger partial charge in [-0.05, 0) is 52.7 Å². The lowest BCUT2D eigenvalue weighted by atomic mass is 10.2. The van der Waals surface area contributed by atoms with Crippen molar-refractivity contribution in [1.29, 1.82) is 0 Å². The number of phenolic OH excluding ortho intramolecular Hbond substituents is 1. The Morgan fingerprint density at radius 2 is 2.17 bits per heavy atom. The number of ether oxygens (including phenoxy) is 1. The maximum absolute atomic E-state index is 9.94. The maximum atomic E-state index is 9.94. The molecule has 2 aromatic carbocycles. The van der Waals surface area contributed by atoms with E-state index in [2.05, 4.69) is 36.4 Å². The minimum atomic E-state index is 0.0377. The molecule has 118 valence electrons. The molecule has 0 spiro atoms. The van der Waals surface area contributed by atoms with E-state index < -0.39 is 0 Å². The summed E-state index contributed by atoms with van der Waals surface area (Å²) in [4.78, 5) is 7.54. The number of hydrogen-bond acceptors (Lipinski definition) is 5. The van der Waals surface area contributed by atoms with E-state index in [1.54, 1.807) is 18.3 Å². The van der Waals surface area contributed by atoms with Crippen molar-refractivity contribution in [3.63, 3.8) is 0 Å². The summed E-state index contributed by atoms with van der Waals surface area (Å²) in [5.41, 5.74) is 6.54. The summed E-state index contributed by atoms with van der Waals surface area (Å²) in [7, 11) is 1.50. The molecule has 6 nitrogen and oxygen atoms in total. The number of aromatic nitrogens is 2. The Bertz CT molecular complexity index is 889. The zero-order valence-electron chi connectivity index (χ0n) is 12.6. The van der Waals surface area contributed by atoms with E-state index in [0.717, 1.165) is 16.6 Å². The summed E-state index contributed by atoms with van der Waals surface area (Å²) in [5.74, 6) is 0.987. The second-order valence-electron chi connectivity index (χ2n) is 5.00. The lowest BCUT2D eigenvalue weighted by Gasteiger charge is -2.06. The topological polar surface area (TPSA) is 82.5 Å². The SMILES string of the molecule is COc1ccc(/C=N\Nc2nc3ccc(C)cc3[nH]2)c(Br)c1O. The quantitative estimate of drug-likeness (QED) is 0.479. The van der Waals surface area contributed by atoms with E-state index in [0.29, 0.717) is 21.7 Å². The monoisotopic (exact) mass is 374 g/mol. The number of benzene rings is 2. The number of aromatic hydroxyl groups is 1. The minimum absolute atomic E-state index is 0.0377. The summed E-state index contributed by atoms with van der Waals surface area (Å²) >= 11 is 3.32. The van der Waals surface area contributed by atoms with Crippen LogP contribution in [-0.4, -0.2) is 28.4 Å². The lowest BCUT2D eigenvalue weighted by Crippen LogP contribution is -1.94. The van der Waals surface area contributed by atoms with E-state index in [1.807, 2.05) is 25.1 Å². The molecule has 0 aliphatic rings. The zero-order chi connectivity index (χ0) is 16.4. The van der Waals surface area contributed by atoms with Crippen molar-refractivity contribution in [2.24, 2.45) is 5.10 Å². The van der Waals surface area contributed by atoms with Crippen molar-refractivity contribution < 1.29 is 9.84 Å². The van der Waals surface area contributed by atoms with Gasteiger partial charge in [-0.2, -0.15) is 5.10 Å². The largest absolute Gasteiger partial charge is 0.503 e. The van der Waals surface area contributed by atoms with Crippen molar-refractivity contribution in [2.75, 3.05) is 12.5 Å². The van der Waals surface area contributed by atoms with Crippen molar-refractivity contribution in [2.45, 2.75) is 6.92 Å². The molecule has 23 heavy (non-hydrogen) atoms. The molecule has 7 heteroatoms. The Hall–Kier alpha value is -2.54. The molecule has 3 rings (SSSR count). The average Bonchev–Trinajstić information content (AvgIpc) is 2.93. The first-order valence-corrected chi connectivity index (χ1v) is 7.68. The molecule has 1 aromatic heterocycles. The number of nitrogens with zero attached hydrogens (tertiary/aromatic N) is 2. The molecule has 3 N–H and O–H groups in total. The van der Waals surface area contributed by atoms with Crippen LogP contribution in [0, 0.1) is 6.92 Å². The summed E-state index contributed by atoms with van der Waals surface area (Å²) in [5, 5.41) is 14.1. The fourth-order valence-corrected chi connectivity index (χ4v) is 2.60. The number of phenols is 1. The number of nitrogens with one attached hydrogen (secondary N) is 2. The number of hydrazone groups is 1. The molecule has 0 aliphatic heterocycles. The first-order valence-electron chi connectivity index (χ1n) is 6.89. The molecule has 0 atom stereocenters. The van der Waals surface area contributed by atoms with Crippen LogP contribution in [0.25, 0.3) is 11.0 Å². The number of anilines is 1. The number of methoxy groups -OCH3 is 1. The predicted molar refractivity (Wildman–Crippen MR) is 94.4 cm³/mol. The number of halogens is 1. The molecule has 0 saturated carbocycles. The van der Waals surface area contributed by atoms with Gasteiger partial charge < -0.3 is 14.8 Å². The number of rotatable bonds is 4. The first kappa shape index (κ1) is 15.4. The Labute approximate surface area is 141 Å². The summed E-state index contributed by atoms with van der Waals surface area (Å²) in [6, 6.07) is 9.44. The van der Waals surface area contributed by atoms with Gasteiger partial charge in [-0.1, -0.05) is 6.07 Å². The number of H-pyrrole nitrogens is 1. The number of imidazole rings is 1. The molecule has 0 aliphatic carbocycles. The highest BCUT2D eigenvalue weighted by Gasteiger charge is 2.09. The Morgan fingerprint density at radius 3 is 2.96 bits per heavy atom. The maximum Gasteiger partial charge on any atom is 0.222 e. The Morgan fingerprint density at radius 1 is 1.35 bits per heavy atom. The third-order valence-corrected chi connectivity index (χ3v) is 4.17. The average molecular weight is 375 g/mol. The third kappa shape index (κ3) is 3.14. The molecule has 0 saturated heterocycles. The molecule has 3 aromatic rings. The highest BCUT2D eigenvalue weighted by atomic mass is 79.9. The Kier molecular flexibility index (Phi) is 4.20. The van der Waals surface area contributed by atoms with E-state index in [9.17, 15) is 5.11 Å². The second kappa shape index (κ2) is 6.29. The van der Waals surface area contributed by atoms with Crippen LogP contribution in [0.4, 0.5) is 5.95 Å². The molecule has 0 fully saturated rings. The highest BCUT2D eigenvalue weighted by molar-refractivity contribution is 9.10. The van der Waals surface area contributed by atoms with Gasteiger partial charge >= 0.3 is 0 Å². The molecule has 0 radical (unpaired) electrons. The predicted octanol–water partition coefficient (Wildman–Crippen LogP) is 3.79. The van der Waals surface area contributed by atoms with E-state index >= 15 is 0 Å². The van der Waals surface area contributed by atoms with Gasteiger partial charge in [0.05, 0.1) is 28.8 Å². The van der Waals surface area contributed by atoms with Crippen LogP contribution in [0.1, 0.15) is 11.1 Å². The van der Waals surface area contributed by atoms with Gasteiger partial charge in [0.1, 0.15) is 0 Å². The highest BCUT2D eigenvalue weighted by Crippen LogP contribution is 2.35. The fourth-order valence-electron chi connectivity index (χ4n) is 2.17. The van der Waals surface area contributed by atoms with Crippen molar-refractivity contribution in [3.8, 4) is 11.5 Å². The van der Waals surface area contributed by atoms with Crippen molar-refractivity contribution in [1.82, 2.24) is 9.97 Å². The molecule has 0 amide bonds. The van der Waals surface area contributed by atoms with Gasteiger partial charge in [0.2, 0.25) is 5.95 Å². The summed E-state index contributed by atoms with van der Waals surface area (Å²) < 4.78 is 5.56. The summed E-state index contributed by atoms with van der Waals surface area (Å²) in [6.07, 6.45) is 1.58. The number of fused-ring (bicyclic) bond motifs is 1. The van der Waals surface area contributed by atoms with Crippen LogP contribution in [0.2, 0.25) is 0 Å². The van der Waals surface area contributed by atoms with Gasteiger partial charge in [0, 0.05) is 5.56 Å². The van der Waals surface area contributed by atoms with Crippen LogP contribution in [-0.2, 0) is 0 Å². The van der Waals surface area contributed by atoms with Gasteiger partial charge in [0.15, 0.2) is 11.5 Å². The van der Waals surface area contributed by atoms with Crippen LogP contribution >= 0.6 is 15.9 Å². The van der Waals surface area contributed by atoms with Crippen LogP contribution < -0.4 is 10.2 Å². The van der Waals surface area contributed by atoms with Crippen LogP contribution in [0.3, 0.4) is 0 Å². The normalized spacial score (nSPS) is 11.3. The molecule has 0 unspecified atom stereocenters. The van der Waals surface area contributed by atoms with E-state index in [-0.39, 0.29) is 5.75 Å². The van der Waals surface area contributed by atoms with Gasteiger partial charge in [0.25, 0.3) is 0 Å². The smallest absolute Gasteiger partial charge is 0.222 e. The van der Waals surface area contributed by atoms with Crippen LogP contribution in [0.5, 0.6) is 11.5 Å². The number of hydrogen-bond donors (Lipinski definition) is 3. The molecular weight excluding hydrogens is 360 g/mol. The third-order valence-electron chi connectivity index (χ3n) is 3.34. The first-order chi connectivity index (χ1) is 11.1. The van der Waals surface area contributed by atoms with Crippen molar-refractivity contribution in [3.05, 3.63) is 45.9 Å². The minimum Gasteiger partial charge on any atom is -0.503 e. The molecule has 0 bridgehead atoms. The second-order valence-corrected chi connectivity index (χ2v) is 5.79. The molecular formula is C16H15BrN4O2. The fraction of sp³-hybridized carbons (Fsp3) is 0.125. The van der Waals surface area contributed by atoms with Gasteiger partial charge in [-0.3, -0.25) is 0 Å². The lowest BCUT2D eigenvalue weighted by molar-refractivity contribution is 0.372. The number of aromatic amines is 1. The summed E-state index contributed by atoms with van der Waals surface area (Å²) in [6.45, 7) is 2.03. The van der Waals surface area contributed by atoms with E-state index in [4.69, 9.17) is 4.74 Å². The van der Waals surface area contributed by atoms with Crippen molar-refractivity contribution >= 4 is 39.1 Å². The van der Waals surface area contributed by atoms with Gasteiger partial charge in [-0.25, -0.2) is 10.4 Å². The standard InChI is InChI=1S/C16H15BrN4O2/c1-9-3-5-11-12(7-9)20-16(19-11)21-18-8-10-4-6-13(23-2)15(22)14(10)17/h3-8,22H,1-2H3,(H2,19,20,21)/b18-8-. The van der Waals surface area contributed by atoms with Gasteiger partial charge in [-0.15, -0.1) is 0 Å². The Balaban J connectivity index is 1.79.